The monoisotopic (exact) mass is 241 g/mol. The molecule has 0 atom stereocenters. The molecule has 2 rings (SSSR count). The van der Waals surface area contributed by atoms with Gasteiger partial charge in [0.2, 0.25) is 0 Å². The van der Waals surface area contributed by atoms with Gasteiger partial charge in [-0.1, -0.05) is 11.3 Å². The molecular weight excluding hydrogens is 230 g/mol. The van der Waals surface area contributed by atoms with Crippen molar-refractivity contribution in [3.63, 3.8) is 0 Å². The average molecular weight is 241 g/mol. The fourth-order valence-corrected chi connectivity index (χ4v) is 1.99. The van der Waals surface area contributed by atoms with Gasteiger partial charge in [0.15, 0.2) is 0 Å². The zero-order valence-electron chi connectivity index (χ0n) is 8.42. The minimum absolute atomic E-state index is 0.0380. The number of nitrogens with two attached hydrogens (primary N) is 1. The third kappa shape index (κ3) is 2.06. The van der Waals surface area contributed by atoms with Crippen molar-refractivity contribution in [3.05, 3.63) is 21.9 Å². The Morgan fingerprint density at radius 2 is 2.44 bits per heavy atom. The van der Waals surface area contributed by atoms with Crippen LogP contribution < -0.4 is 10.5 Å². The Morgan fingerprint density at radius 1 is 1.62 bits per heavy atom. The molecule has 6 nitrogen and oxygen atoms in total. The Bertz CT molecular complexity index is 548. The summed E-state index contributed by atoms with van der Waals surface area (Å²) in [5, 5.41) is 9.02. The predicted molar refractivity (Wildman–Crippen MR) is 61.3 cm³/mol. The molecule has 0 saturated heterocycles. The highest BCUT2D eigenvalue weighted by Gasteiger charge is 2.07. The van der Waals surface area contributed by atoms with Crippen molar-refractivity contribution in [1.29, 1.82) is 0 Å². The molecule has 2 aromatic rings. The topological polar surface area (TPSA) is 90.4 Å². The number of hydrogen-bond acceptors (Lipinski definition) is 6. The van der Waals surface area contributed by atoms with Gasteiger partial charge in [-0.25, -0.2) is 4.98 Å². The van der Waals surface area contributed by atoms with E-state index in [0.29, 0.717) is 16.0 Å². The first-order valence-corrected chi connectivity index (χ1v) is 5.47. The highest BCUT2D eigenvalue weighted by Crippen LogP contribution is 2.15. The number of ether oxygens (including phenoxy) is 1. The Kier molecular flexibility index (Phi) is 3.18. The number of fused-ring (bicyclic) bond motifs is 1. The molecule has 2 aromatic heterocycles. The summed E-state index contributed by atoms with van der Waals surface area (Å²) in [5.41, 5.74) is 6.65. The van der Waals surface area contributed by atoms with Crippen LogP contribution in [0.3, 0.4) is 0 Å². The number of anilines is 1. The van der Waals surface area contributed by atoms with Crippen molar-refractivity contribution in [2.75, 3.05) is 18.9 Å². The molecule has 0 amide bonds. The van der Waals surface area contributed by atoms with Gasteiger partial charge in [-0.3, -0.25) is 4.79 Å². The van der Waals surface area contributed by atoms with Crippen LogP contribution in [0.4, 0.5) is 5.00 Å². The highest BCUT2D eigenvalue weighted by atomic mass is 32.1. The van der Waals surface area contributed by atoms with Crippen LogP contribution in [0.25, 0.3) is 11.0 Å². The molecule has 0 aliphatic heterocycles. The number of aliphatic hydroxyl groups is 1. The lowest BCUT2D eigenvalue weighted by Crippen LogP contribution is -2.06. The molecule has 3 N–H and O–H groups in total. The standard InChI is InChI=1S/C9H11N3O3S/c10-7-3-6-8(9(14)16-7)11-4-12(6)5-15-2-1-13/h3-4,13H,1-2,5,10H2. The third-order valence-electron chi connectivity index (χ3n) is 2.03. The molecule has 0 radical (unpaired) electrons. The summed E-state index contributed by atoms with van der Waals surface area (Å²) in [6, 6.07) is 1.69. The lowest BCUT2D eigenvalue weighted by atomic mass is 10.4. The van der Waals surface area contributed by atoms with Gasteiger partial charge in [0.25, 0.3) is 4.74 Å². The van der Waals surface area contributed by atoms with Gasteiger partial charge in [-0.05, 0) is 6.07 Å². The quantitative estimate of drug-likeness (QED) is 0.736. The first-order chi connectivity index (χ1) is 7.72. The number of nitrogens with zero attached hydrogens (tertiary/aromatic N) is 2. The second-order valence-corrected chi connectivity index (χ2v) is 4.19. The van der Waals surface area contributed by atoms with E-state index >= 15 is 0 Å². The SMILES string of the molecule is Nc1cc2c(ncn2COCCO)c(=O)s1. The summed E-state index contributed by atoms with van der Waals surface area (Å²) >= 11 is 0.969. The van der Waals surface area contributed by atoms with Crippen molar-refractivity contribution in [3.8, 4) is 0 Å². The van der Waals surface area contributed by atoms with Crippen LogP contribution in [0.1, 0.15) is 0 Å². The first kappa shape index (κ1) is 11.1. The lowest BCUT2D eigenvalue weighted by molar-refractivity contribution is 0.0501. The Balaban J connectivity index is 2.36. The van der Waals surface area contributed by atoms with E-state index in [1.807, 2.05) is 0 Å². The van der Waals surface area contributed by atoms with Crippen molar-refractivity contribution in [2.45, 2.75) is 6.73 Å². The Labute approximate surface area is 94.9 Å². The number of aromatic nitrogens is 2. The molecular formula is C9H11N3O3S. The van der Waals surface area contributed by atoms with Crippen LogP contribution in [0, 0.1) is 0 Å². The number of imidazole rings is 1. The second-order valence-electron chi connectivity index (χ2n) is 3.15. The van der Waals surface area contributed by atoms with E-state index in [4.69, 9.17) is 15.6 Å². The predicted octanol–water partition coefficient (Wildman–Crippen LogP) is 0.00660. The van der Waals surface area contributed by atoms with E-state index < -0.39 is 0 Å². The van der Waals surface area contributed by atoms with Crippen LogP contribution in [-0.2, 0) is 11.5 Å². The largest absolute Gasteiger partial charge is 0.394 e. The van der Waals surface area contributed by atoms with Crippen molar-refractivity contribution >= 4 is 27.4 Å². The van der Waals surface area contributed by atoms with Crippen molar-refractivity contribution in [1.82, 2.24) is 9.55 Å². The van der Waals surface area contributed by atoms with E-state index in [-0.39, 0.29) is 24.7 Å². The van der Waals surface area contributed by atoms with Crippen LogP contribution in [-0.4, -0.2) is 27.9 Å². The summed E-state index contributed by atoms with van der Waals surface area (Å²) < 4.78 is 6.67. The number of aliphatic hydroxyl groups excluding tert-OH is 1. The Morgan fingerprint density at radius 3 is 3.19 bits per heavy atom. The normalized spacial score (nSPS) is 11.1. The third-order valence-corrected chi connectivity index (χ3v) is 2.76. The molecule has 0 bridgehead atoms. The number of hydrogen-bond donors (Lipinski definition) is 2. The van der Waals surface area contributed by atoms with E-state index in [1.54, 1.807) is 10.6 Å². The maximum Gasteiger partial charge on any atom is 0.262 e. The summed E-state index contributed by atoms with van der Waals surface area (Å²) in [7, 11) is 0. The molecule has 0 aliphatic rings. The van der Waals surface area contributed by atoms with Gasteiger partial charge in [0.1, 0.15) is 12.2 Å². The lowest BCUT2D eigenvalue weighted by Gasteiger charge is -2.04. The average Bonchev–Trinajstić information content (AvgIpc) is 2.62. The van der Waals surface area contributed by atoms with Crippen LogP contribution in [0.15, 0.2) is 17.2 Å². The Hall–Kier alpha value is -1.44. The maximum absolute atomic E-state index is 11.5. The number of rotatable bonds is 4. The number of nitrogen functional groups attached to an aromatic ring is 1. The molecule has 0 fully saturated rings. The van der Waals surface area contributed by atoms with E-state index in [1.165, 1.54) is 6.33 Å². The first-order valence-electron chi connectivity index (χ1n) is 4.65. The minimum atomic E-state index is -0.157. The van der Waals surface area contributed by atoms with Gasteiger partial charge < -0.3 is 20.1 Å². The summed E-state index contributed by atoms with van der Waals surface area (Å²) in [6.07, 6.45) is 1.52. The maximum atomic E-state index is 11.5. The fourth-order valence-electron chi connectivity index (χ4n) is 1.35. The summed E-state index contributed by atoms with van der Waals surface area (Å²) in [6.45, 7) is 0.448. The van der Waals surface area contributed by atoms with Crippen molar-refractivity contribution in [2.24, 2.45) is 0 Å². The molecule has 0 aromatic carbocycles. The highest BCUT2D eigenvalue weighted by molar-refractivity contribution is 7.13. The van der Waals surface area contributed by atoms with E-state index in [2.05, 4.69) is 4.98 Å². The zero-order valence-corrected chi connectivity index (χ0v) is 9.24. The smallest absolute Gasteiger partial charge is 0.262 e. The zero-order chi connectivity index (χ0) is 11.5. The van der Waals surface area contributed by atoms with Crippen LogP contribution in [0.5, 0.6) is 0 Å². The van der Waals surface area contributed by atoms with Gasteiger partial charge in [0, 0.05) is 0 Å². The molecule has 0 aliphatic carbocycles. The molecule has 0 unspecified atom stereocenters. The molecule has 0 spiro atoms. The van der Waals surface area contributed by atoms with E-state index in [0.717, 1.165) is 11.3 Å². The van der Waals surface area contributed by atoms with Gasteiger partial charge in [0.05, 0.1) is 30.1 Å². The molecule has 86 valence electrons. The minimum Gasteiger partial charge on any atom is -0.394 e. The van der Waals surface area contributed by atoms with Crippen molar-refractivity contribution < 1.29 is 9.84 Å². The fraction of sp³-hybridized carbons (Fsp3) is 0.333. The summed E-state index contributed by atoms with van der Waals surface area (Å²) in [4.78, 5) is 15.5. The molecule has 0 saturated carbocycles. The van der Waals surface area contributed by atoms with E-state index in [9.17, 15) is 4.79 Å². The summed E-state index contributed by atoms with van der Waals surface area (Å²) in [5.74, 6) is 0. The molecule has 2 heterocycles. The molecule has 7 heteroatoms. The van der Waals surface area contributed by atoms with Crippen LogP contribution >= 0.6 is 11.3 Å². The van der Waals surface area contributed by atoms with Gasteiger partial charge in [-0.2, -0.15) is 0 Å². The van der Waals surface area contributed by atoms with Gasteiger partial charge >= 0.3 is 0 Å². The second kappa shape index (κ2) is 4.60. The van der Waals surface area contributed by atoms with Gasteiger partial charge in [-0.15, -0.1) is 0 Å². The van der Waals surface area contributed by atoms with Crippen LogP contribution in [0.2, 0.25) is 0 Å². The molecule has 16 heavy (non-hydrogen) atoms.